The van der Waals surface area contributed by atoms with E-state index in [2.05, 4.69) is 30.8 Å². The Bertz CT molecular complexity index is 1200. The summed E-state index contributed by atoms with van der Waals surface area (Å²) in [6, 6.07) is 16.7. The smallest absolute Gasteiger partial charge is 0.239 e. The number of hydrogen-bond acceptors (Lipinski definition) is 7. The van der Waals surface area contributed by atoms with Gasteiger partial charge in [-0.3, -0.25) is 14.5 Å². The van der Waals surface area contributed by atoms with Crippen LogP contribution in [0.1, 0.15) is 19.8 Å². The van der Waals surface area contributed by atoms with Gasteiger partial charge >= 0.3 is 0 Å². The maximum absolute atomic E-state index is 12.7. The summed E-state index contributed by atoms with van der Waals surface area (Å²) >= 11 is 5.94. The lowest BCUT2D eigenvalue weighted by molar-refractivity contribution is -0.119. The maximum atomic E-state index is 12.7. The molecule has 0 unspecified atom stereocenters. The molecule has 0 bridgehead atoms. The molecule has 3 N–H and O–H groups in total. The maximum Gasteiger partial charge on any atom is 0.239 e. The molecule has 1 aliphatic rings. The SMILES string of the molecule is CC(=O)NCCNc1ccccc1-c1nccc(NC(=O)CN2CCC(Oc3ccc(Cl)cc3)CC2)n1. The van der Waals surface area contributed by atoms with Gasteiger partial charge in [-0.15, -0.1) is 0 Å². The quantitative estimate of drug-likeness (QED) is 0.347. The summed E-state index contributed by atoms with van der Waals surface area (Å²) in [4.78, 5) is 34.9. The molecule has 1 aromatic heterocycles. The van der Waals surface area contributed by atoms with E-state index in [-0.39, 0.29) is 24.5 Å². The van der Waals surface area contributed by atoms with Crippen LogP contribution in [0.3, 0.4) is 0 Å². The molecule has 0 aliphatic carbocycles. The molecule has 3 aromatic rings. The summed E-state index contributed by atoms with van der Waals surface area (Å²) in [5, 5.41) is 9.64. The molecule has 2 heterocycles. The monoisotopic (exact) mass is 522 g/mol. The Morgan fingerprint density at radius 3 is 2.57 bits per heavy atom. The molecule has 10 heteroatoms. The van der Waals surface area contributed by atoms with Crippen molar-refractivity contribution in [3.8, 4) is 17.1 Å². The second-order valence-electron chi connectivity index (χ2n) is 8.82. The zero-order chi connectivity index (χ0) is 26.0. The van der Waals surface area contributed by atoms with Gasteiger partial charge in [0.2, 0.25) is 11.8 Å². The highest BCUT2D eigenvalue weighted by atomic mass is 35.5. The predicted octanol–water partition coefficient (Wildman–Crippen LogP) is 3.83. The number of rotatable bonds is 10. The molecule has 0 spiro atoms. The molecular weight excluding hydrogens is 492 g/mol. The Morgan fingerprint density at radius 1 is 1.05 bits per heavy atom. The van der Waals surface area contributed by atoms with E-state index in [0.717, 1.165) is 42.9 Å². The third kappa shape index (κ3) is 8.16. The lowest BCUT2D eigenvalue weighted by Crippen LogP contribution is -2.42. The van der Waals surface area contributed by atoms with Gasteiger partial charge in [-0.1, -0.05) is 23.7 Å². The third-order valence-electron chi connectivity index (χ3n) is 5.92. The lowest BCUT2D eigenvalue weighted by atomic mass is 10.1. The molecule has 0 radical (unpaired) electrons. The summed E-state index contributed by atoms with van der Waals surface area (Å²) in [6.45, 7) is 4.39. The Kier molecular flexibility index (Phi) is 9.29. The molecular formula is C27H31ClN6O3. The topological polar surface area (TPSA) is 108 Å². The van der Waals surface area contributed by atoms with Gasteiger partial charge in [-0.25, -0.2) is 9.97 Å². The summed E-state index contributed by atoms with van der Waals surface area (Å²) in [6.07, 6.45) is 3.45. The fourth-order valence-corrected chi connectivity index (χ4v) is 4.23. The minimum absolute atomic E-state index is 0.0718. The number of para-hydroxylation sites is 1. The van der Waals surface area contributed by atoms with Crippen LogP contribution in [0.25, 0.3) is 11.4 Å². The van der Waals surface area contributed by atoms with Gasteiger partial charge in [0, 0.05) is 55.6 Å². The number of hydrogen-bond donors (Lipinski definition) is 3. The van der Waals surface area contributed by atoms with Crippen molar-refractivity contribution >= 4 is 34.9 Å². The Labute approximate surface area is 221 Å². The second-order valence-corrected chi connectivity index (χ2v) is 9.25. The van der Waals surface area contributed by atoms with Gasteiger partial charge in [0.25, 0.3) is 0 Å². The zero-order valence-electron chi connectivity index (χ0n) is 20.7. The Hall–Kier alpha value is -3.69. The van der Waals surface area contributed by atoms with Crippen LogP contribution < -0.4 is 20.7 Å². The van der Waals surface area contributed by atoms with Crippen LogP contribution in [0.2, 0.25) is 5.02 Å². The standard InChI is InChI=1S/C27H31ClN6O3/c1-19(35)29-14-15-30-24-5-3-2-4-23(24)27-31-13-10-25(33-27)32-26(36)18-34-16-11-22(12-17-34)37-21-8-6-20(28)7-9-21/h2-10,13,22,30H,11-12,14-18H2,1H3,(H,29,35)(H,31,32,33,36). The lowest BCUT2D eigenvalue weighted by Gasteiger charge is -2.31. The molecule has 37 heavy (non-hydrogen) atoms. The summed E-state index contributed by atoms with van der Waals surface area (Å²) in [7, 11) is 0. The zero-order valence-corrected chi connectivity index (χ0v) is 21.5. The normalized spacial score (nSPS) is 14.1. The Balaban J connectivity index is 1.28. The van der Waals surface area contributed by atoms with Gasteiger partial charge < -0.3 is 20.7 Å². The van der Waals surface area contributed by atoms with Crippen LogP contribution in [0.5, 0.6) is 5.75 Å². The van der Waals surface area contributed by atoms with Crippen LogP contribution in [0.15, 0.2) is 60.8 Å². The van der Waals surface area contributed by atoms with Crippen molar-refractivity contribution in [1.29, 1.82) is 0 Å². The second kappa shape index (κ2) is 13.0. The van der Waals surface area contributed by atoms with E-state index in [9.17, 15) is 9.59 Å². The number of carbonyl (C=O) groups is 2. The van der Waals surface area contributed by atoms with E-state index in [1.807, 2.05) is 48.5 Å². The molecule has 0 saturated carbocycles. The number of anilines is 2. The van der Waals surface area contributed by atoms with E-state index in [4.69, 9.17) is 16.3 Å². The molecule has 4 rings (SSSR count). The number of piperidine rings is 1. The van der Waals surface area contributed by atoms with Crippen molar-refractivity contribution in [2.75, 3.05) is 43.4 Å². The van der Waals surface area contributed by atoms with Crippen molar-refractivity contribution < 1.29 is 14.3 Å². The van der Waals surface area contributed by atoms with Crippen LogP contribution in [0, 0.1) is 0 Å². The number of benzene rings is 2. The molecule has 194 valence electrons. The molecule has 2 amide bonds. The number of nitrogens with zero attached hydrogens (tertiary/aromatic N) is 3. The fraction of sp³-hybridized carbons (Fsp3) is 0.333. The summed E-state index contributed by atoms with van der Waals surface area (Å²) < 4.78 is 6.04. The molecule has 2 aromatic carbocycles. The molecule has 1 saturated heterocycles. The van der Waals surface area contributed by atoms with E-state index in [1.54, 1.807) is 12.3 Å². The van der Waals surface area contributed by atoms with Crippen molar-refractivity contribution in [2.24, 2.45) is 0 Å². The van der Waals surface area contributed by atoms with Crippen molar-refractivity contribution in [3.05, 3.63) is 65.8 Å². The number of aromatic nitrogens is 2. The number of halogens is 1. The first-order valence-corrected chi connectivity index (χ1v) is 12.7. The molecule has 1 aliphatic heterocycles. The third-order valence-corrected chi connectivity index (χ3v) is 6.18. The van der Waals surface area contributed by atoms with E-state index < -0.39 is 0 Å². The predicted molar refractivity (Wildman–Crippen MR) is 145 cm³/mol. The number of ether oxygens (including phenoxy) is 1. The van der Waals surface area contributed by atoms with Crippen LogP contribution in [-0.2, 0) is 9.59 Å². The van der Waals surface area contributed by atoms with E-state index in [0.29, 0.717) is 29.8 Å². The van der Waals surface area contributed by atoms with Crippen molar-refractivity contribution in [2.45, 2.75) is 25.9 Å². The number of likely N-dealkylation sites (tertiary alicyclic amines) is 1. The first-order valence-electron chi connectivity index (χ1n) is 12.3. The fourth-order valence-electron chi connectivity index (χ4n) is 4.10. The van der Waals surface area contributed by atoms with Crippen LogP contribution >= 0.6 is 11.6 Å². The minimum Gasteiger partial charge on any atom is -0.490 e. The largest absolute Gasteiger partial charge is 0.490 e. The van der Waals surface area contributed by atoms with Gasteiger partial charge in [-0.2, -0.15) is 0 Å². The van der Waals surface area contributed by atoms with Crippen LogP contribution in [0.4, 0.5) is 11.5 Å². The van der Waals surface area contributed by atoms with Gasteiger partial charge in [0.15, 0.2) is 5.82 Å². The van der Waals surface area contributed by atoms with Crippen molar-refractivity contribution in [1.82, 2.24) is 20.2 Å². The number of amides is 2. The first-order chi connectivity index (χ1) is 18.0. The Morgan fingerprint density at radius 2 is 1.81 bits per heavy atom. The van der Waals surface area contributed by atoms with Gasteiger partial charge in [0.05, 0.1) is 6.54 Å². The highest BCUT2D eigenvalue weighted by Gasteiger charge is 2.22. The van der Waals surface area contributed by atoms with E-state index >= 15 is 0 Å². The number of nitrogens with one attached hydrogen (secondary N) is 3. The first kappa shape index (κ1) is 26.4. The molecule has 0 atom stereocenters. The van der Waals surface area contributed by atoms with E-state index in [1.165, 1.54) is 6.92 Å². The summed E-state index contributed by atoms with van der Waals surface area (Å²) in [5.74, 6) is 1.56. The minimum atomic E-state index is -0.122. The van der Waals surface area contributed by atoms with Gasteiger partial charge in [-0.05, 0) is 55.3 Å². The summed E-state index contributed by atoms with van der Waals surface area (Å²) in [5.41, 5.74) is 1.66. The highest BCUT2D eigenvalue weighted by Crippen LogP contribution is 2.25. The van der Waals surface area contributed by atoms with Crippen LogP contribution in [-0.4, -0.2) is 65.5 Å². The van der Waals surface area contributed by atoms with Gasteiger partial charge in [0.1, 0.15) is 17.7 Å². The molecule has 1 fully saturated rings. The number of carbonyl (C=O) groups excluding carboxylic acids is 2. The average molecular weight is 523 g/mol. The van der Waals surface area contributed by atoms with Crippen molar-refractivity contribution in [3.63, 3.8) is 0 Å². The highest BCUT2D eigenvalue weighted by molar-refractivity contribution is 6.30. The molecule has 9 nitrogen and oxygen atoms in total. The average Bonchev–Trinajstić information content (AvgIpc) is 2.89.